The molecular weight excluding hydrogens is 567 g/mol. The second kappa shape index (κ2) is 11.1. The summed E-state index contributed by atoms with van der Waals surface area (Å²) in [6.07, 6.45) is 0.516. The average molecular weight is 593 g/mol. The van der Waals surface area contributed by atoms with Gasteiger partial charge in [0.2, 0.25) is 16.4 Å². The van der Waals surface area contributed by atoms with Gasteiger partial charge in [-0.3, -0.25) is 0 Å². The Morgan fingerprint density at radius 1 is 1.18 bits per heavy atom. The van der Waals surface area contributed by atoms with Crippen LogP contribution in [-0.2, 0) is 27.7 Å². The van der Waals surface area contributed by atoms with Gasteiger partial charge in [0.15, 0.2) is 0 Å². The molecule has 1 aliphatic heterocycles. The molecule has 0 saturated heterocycles. The number of rotatable bonds is 10. The van der Waals surface area contributed by atoms with Crippen LogP contribution in [0.5, 0.6) is 0 Å². The van der Waals surface area contributed by atoms with Crippen LogP contribution in [0.15, 0.2) is 54.4 Å². The lowest BCUT2D eigenvalue weighted by Crippen LogP contribution is -2.54. The Kier molecular flexibility index (Phi) is 8.67. The smallest absolute Gasteiger partial charge is 0.242 e. The van der Waals surface area contributed by atoms with Gasteiger partial charge in [-0.1, -0.05) is 12.1 Å². The summed E-state index contributed by atoms with van der Waals surface area (Å²) in [6.45, 7) is 2.31. The Morgan fingerprint density at radius 3 is 2.52 bits per heavy atom. The first-order valence-corrected chi connectivity index (χ1v) is 13.2. The van der Waals surface area contributed by atoms with Crippen molar-refractivity contribution >= 4 is 32.6 Å². The highest BCUT2D eigenvalue weighted by molar-refractivity contribution is 14.1. The van der Waals surface area contributed by atoms with E-state index in [0.29, 0.717) is 17.9 Å². The Balaban J connectivity index is 1.80. The van der Waals surface area contributed by atoms with Crippen molar-refractivity contribution in [3.8, 4) is 0 Å². The molecule has 1 aliphatic rings. The highest BCUT2D eigenvalue weighted by Crippen LogP contribution is 2.24. The number of hydrogen-bond acceptors (Lipinski definition) is 6. The van der Waals surface area contributed by atoms with E-state index in [2.05, 4.69) is 32.6 Å². The monoisotopic (exact) mass is 593 g/mol. The van der Waals surface area contributed by atoms with E-state index in [0.717, 1.165) is 21.5 Å². The highest BCUT2D eigenvalue weighted by atomic mass is 127. The zero-order valence-electron chi connectivity index (χ0n) is 18.1. The van der Waals surface area contributed by atoms with Crippen molar-refractivity contribution in [3.05, 3.63) is 80.8 Å². The summed E-state index contributed by atoms with van der Waals surface area (Å²) in [5, 5.41) is 14.2. The maximum atomic E-state index is 13.8. The minimum atomic E-state index is -3.63. The fourth-order valence-electron chi connectivity index (χ4n) is 3.64. The first-order valence-electron chi connectivity index (χ1n) is 10.2. The van der Waals surface area contributed by atoms with E-state index in [4.69, 9.17) is 4.74 Å². The fraction of sp³-hybridized carbons (Fsp3) is 0.364. The molecule has 1 unspecified atom stereocenters. The standard InChI is InChI=1S/C22H26F2IN3O4S/c1-14-13-28(22(32-14)27-33(2,30)31)20(9-16-6-17(23)10-18(24)7-16)21(29)12-26-11-15-4-3-5-19(25)8-15/h3-8,10,13,20-22,26-27,29H,9,11-12H2,1-2H3/t20-,21+,22?/m0/s1. The molecule has 2 aromatic rings. The average Bonchev–Trinajstić information content (AvgIpc) is 3.03. The third kappa shape index (κ3) is 7.88. The zero-order chi connectivity index (χ0) is 24.2. The van der Waals surface area contributed by atoms with Crippen LogP contribution >= 0.6 is 22.6 Å². The summed E-state index contributed by atoms with van der Waals surface area (Å²) in [4.78, 5) is 1.52. The van der Waals surface area contributed by atoms with Crippen molar-refractivity contribution in [2.45, 2.75) is 38.4 Å². The normalized spacial score (nSPS) is 18.1. The Morgan fingerprint density at radius 2 is 1.88 bits per heavy atom. The molecule has 0 bridgehead atoms. The predicted octanol–water partition coefficient (Wildman–Crippen LogP) is 2.66. The first kappa shape index (κ1) is 25.8. The van der Waals surface area contributed by atoms with Gasteiger partial charge in [-0.2, -0.15) is 4.72 Å². The molecule has 7 nitrogen and oxygen atoms in total. The van der Waals surface area contributed by atoms with E-state index < -0.39 is 40.2 Å². The van der Waals surface area contributed by atoms with Gasteiger partial charge in [-0.25, -0.2) is 17.2 Å². The van der Waals surface area contributed by atoms with Gasteiger partial charge in [-0.05, 0) is 71.3 Å². The number of ether oxygens (including phenoxy) is 1. The number of allylic oxidation sites excluding steroid dienone is 1. The van der Waals surface area contributed by atoms with Crippen molar-refractivity contribution in [2.75, 3.05) is 12.8 Å². The topological polar surface area (TPSA) is 90.9 Å². The lowest BCUT2D eigenvalue weighted by atomic mass is 9.99. The fourth-order valence-corrected chi connectivity index (χ4v) is 4.78. The third-order valence-corrected chi connectivity index (χ3v) is 6.28. The molecule has 2 aromatic carbocycles. The van der Waals surface area contributed by atoms with E-state index >= 15 is 0 Å². The van der Waals surface area contributed by atoms with Crippen molar-refractivity contribution in [1.82, 2.24) is 14.9 Å². The van der Waals surface area contributed by atoms with Gasteiger partial charge in [0.1, 0.15) is 17.4 Å². The Labute approximate surface area is 206 Å². The molecule has 0 radical (unpaired) electrons. The number of benzene rings is 2. The maximum Gasteiger partial charge on any atom is 0.242 e. The lowest BCUT2D eigenvalue weighted by Gasteiger charge is -2.35. The number of nitrogens with zero attached hydrogens (tertiary/aromatic N) is 1. The second-order valence-electron chi connectivity index (χ2n) is 7.92. The molecule has 3 rings (SSSR count). The number of sulfonamides is 1. The SMILES string of the molecule is CC1=CN([C@@H](Cc2cc(F)cc(F)c2)[C@H](O)CNCc2cccc(I)c2)C(NS(C)(=O)=O)O1. The number of aliphatic hydroxyl groups excluding tert-OH is 1. The minimum Gasteiger partial charge on any atom is -0.459 e. The second-order valence-corrected chi connectivity index (χ2v) is 11.0. The molecule has 33 heavy (non-hydrogen) atoms. The Hall–Kier alpha value is -1.80. The maximum absolute atomic E-state index is 13.8. The van der Waals surface area contributed by atoms with Crippen LogP contribution in [0.2, 0.25) is 0 Å². The van der Waals surface area contributed by atoms with Crippen LogP contribution in [0.3, 0.4) is 0 Å². The van der Waals surface area contributed by atoms with Crippen LogP contribution in [-0.4, -0.2) is 49.7 Å². The van der Waals surface area contributed by atoms with Crippen molar-refractivity contribution in [1.29, 1.82) is 0 Å². The summed E-state index contributed by atoms with van der Waals surface area (Å²) in [5.41, 5.74) is 1.36. The molecule has 3 atom stereocenters. The first-order chi connectivity index (χ1) is 15.5. The van der Waals surface area contributed by atoms with Gasteiger partial charge in [-0.15, -0.1) is 0 Å². The van der Waals surface area contributed by atoms with E-state index in [-0.39, 0.29) is 13.0 Å². The Bertz CT molecular complexity index is 1100. The van der Waals surface area contributed by atoms with E-state index in [1.165, 1.54) is 17.0 Å². The van der Waals surface area contributed by atoms with Gasteiger partial charge < -0.3 is 20.1 Å². The van der Waals surface area contributed by atoms with Gasteiger partial charge >= 0.3 is 0 Å². The third-order valence-electron chi connectivity index (χ3n) is 4.98. The molecular formula is C22H26F2IN3O4S. The summed E-state index contributed by atoms with van der Waals surface area (Å²) < 4.78 is 60.2. The number of nitrogens with one attached hydrogen (secondary N) is 2. The number of halogens is 3. The molecule has 0 fully saturated rings. The lowest BCUT2D eigenvalue weighted by molar-refractivity contribution is -0.0248. The number of hydrogen-bond donors (Lipinski definition) is 3. The van der Waals surface area contributed by atoms with Gasteiger partial charge in [0.25, 0.3) is 0 Å². The zero-order valence-corrected chi connectivity index (χ0v) is 21.1. The van der Waals surface area contributed by atoms with Crippen LogP contribution in [0.25, 0.3) is 0 Å². The van der Waals surface area contributed by atoms with Gasteiger partial charge in [0, 0.05) is 28.9 Å². The molecule has 0 amide bonds. The molecule has 1 heterocycles. The quantitative estimate of drug-likeness (QED) is 0.368. The molecule has 0 spiro atoms. The summed E-state index contributed by atoms with van der Waals surface area (Å²) >= 11 is 2.22. The van der Waals surface area contributed by atoms with Gasteiger partial charge in [0.05, 0.1) is 18.4 Å². The van der Waals surface area contributed by atoms with Crippen LogP contribution in [0.4, 0.5) is 8.78 Å². The summed E-state index contributed by atoms with van der Waals surface area (Å²) in [5.74, 6) is -1.03. The molecule has 0 saturated carbocycles. The molecule has 0 aliphatic carbocycles. The summed E-state index contributed by atoms with van der Waals surface area (Å²) in [7, 11) is -3.63. The van der Waals surface area contributed by atoms with E-state index in [1.807, 2.05) is 24.3 Å². The van der Waals surface area contributed by atoms with Crippen LogP contribution < -0.4 is 10.0 Å². The van der Waals surface area contributed by atoms with Crippen molar-refractivity contribution in [3.63, 3.8) is 0 Å². The largest absolute Gasteiger partial charge is 0.459 e. The van der Waals surface area contributed by atoms with E-state index in [9.17, 15) is 22.3 Å². The van der Waals surface area contributed by atoms with Crippen molar-refractivity contribution < 1.29 is 27.0 Å². The molecule has 3 N–H and O–H groups in total. The highest BCUT2D eigenvalue weighted by Gasteiger charge is 2.36. The van der Waals surface area contributed by atoms with E-state index in [1.54, 1.807) is 13.1 Å². The number of aliphatic hydroxyl groups is 1. The summed E-state index contributed by atoms with van der Waals surface area (Å²) in [6, 6.07) is 10.3. The predicted molar refractivity (Wildman–Crippen MR) is 129 cm³/mol. The van der Waals surface area contributed by atoms with Crippen LogP contribution in [0.1, 0.15) is 18.1 Å². The molecule has 11 heteroatoms. The molecule has 180 valence electrons. The minimum absolute atomic E-state index is 0.0514. The van der Waals surface area contributed by atoms with Crippen LogP contribution in [0, 0.1) is 15.2 Å². The molecule has 0 aromatic heterocycles. The van der Waals surface area contributed by atoms with Crippen molar-refractivity contribution in [2.24, 2.45) is 0 Å².